The van der Waals surface area contributed by atoms with E-state index in [0.717, 1.165) is 22.9 Å². The Balaban J connectivity index is 1.45. The zero-order valence-electron chi connectivity index (χ0n) is 15.1. The monoisotopic (exact) mass is 375 g/mol. The van der Waals surface area contributed by atoms with Gasteiger partial charge in [0, 0.05) is 31.2 Å². The summed E-state index contributed by atoms with van der Waals surface area (Å²) in [5, 5.41) is 6.68. The Morgan fingerprint density at radius 2 is 1.96 bits per heavy atom. The number of amides is 1. The average Bonchev–Trinajstić information content (AvgIpc) is 3.13. The van der Waals surface area contributed by atoms with Gasteiger partial charge in [-0.1, -0.05) is 0 Å². The number of hydrogen-bond acceptors (Lipinski definition) is 3. The lowest BCUT2D eigenvalue weighted by Gasteiger charge is -2.43. The Morgan fingerprint density at radius 3 is 2.62 bits per heavy atom. The minimum atomic E-state index is -0.454. The van der Waals surface area contributed by atoms with Crippen LogP contribution in [-0.4, -0.2) is 42.9 Å². The molecule has 0 unspecified atom stereocenters. The number of hydrogen-bond donors (Lipinski definition) is 1. The second-order valence-corrected chi connectivity index (χ2v) is 8.62. The second kappa shape index (κ2) is 6.67. The lowest BCUT2D eigenvalue weighted by Crippen LogP contribution is -2.56. The number of fused-ring (bicyclic) bond motifs is 2. The Labute approximate surface area is 157 Å². The number of carbonyl (C=O) groups is 1. The summed E-state index contributed by atoms with van der Waals surface area (Å²) >= 11 is 1.54. The smallest absolute Gasteiger partial charge is 0.411 e. The van der Waals surface area contributed by atoms with Gasteiger partial charge < -0.3 is 9.22 Å². The molecule has 2 aliphatic rings. The van der Waals surface area contributed by atoms with Crippen molar-refractivity contribution >= 4 is 23.1 Å². The zero-order chi connectivity index (χ0) is 18.3. The van der Waals surface area contributed by atoms with Crippen molar-refractivity contribution in [1.82, 2.24) is 0 Å². The van der Waals surface area contributed by atoms with Gasteiger partial charge in [-0.3, -0.25) is 5.32 Å². The van der Waals surface area contributed by atoms with E-state index in [2.05, 4.69) is 19.4 Å². The van der Waals surface area contributed by atoms with E-state index in [9.17, 15) is 9.18 Å². The molecule has 1 aromatic heterocycles. The molecule has 2 atom stereocenters. The van der Waals surface area contributed by atoms with E-state index in [1.807, 2.05) is 16.8 Å². The van der Waals surface area contributed by atoms with Crippen LogP contribution < -0.4 is 5.32 Å². The van der Waals surface area contributed by atoms with Crippen LogP contribution in [0.15, 0.2) is 35.0 Å². The van der Waals surface area contributed by atoms with Crippen molar-refractivity contribution in [3.05, 3.63) is 40.8 Å². The summed E-state index contributed by atoms with van der Waals surface area (Å²) in [6.45, 7) is 0. The van der Waals surface area contributed by atoms with Gasteiger partial charge in [0.2, 0.25) is 0 Å². The van der Waals surface area contributed by atoms with Crippen molar-refractivity contribution in [2.75, 3.05) is 19.4 Å². The van der Waals surface area contributed by atoms with Crippen LogP contribution in [-0.2, 0) is 4.74 Å². The van der Waals surface area contributed by atoms with Crippen LogP contribution in [0.25, 0.3) is 11.1 Å². The van der Waals surface area contributed by atoms with E-state index in [0.29, 0.717) is 23.3 Å². The maximum absolute atomic E-state index is 13.7. The molecule has 2 fully saturated rings. The van der Waals surface area contributed by atoms with Crippen molar-refractivity contribution in [3.63, 3.8) is 0 Å². The molecule has 2 aromatic rings. The Kier molecular flexibility index (Phi) is 4.49. The molecule has 0 aliphatic carbocycles. The summed E-state index contributed by atoms with van der Waals surface area (Å²) in [6, 6.07) is 7.44. The van der Waals surface area contributed by atoms with Crippen molar-refractivity contribution in [1.29, 1.82) is 0 Å². The lowest BCUT2D eigenvalue weighted by molar-refractivity contribution is -0.931. The molecule has 138 valence electrons. The first-order chi connectivity index (χ1) is 12.4. The number of anilines is 1. The van der Waals surface area contributed by atoms with Crippen LogP contribution in [0.5, 0.6) is 0 Å². The Morgan fingerprint density at radius 1 is 1.23 bits per heavy atom. The van der Waals surface area contributed by atoms with E-state index in [4.69, 9.17) is 4.74 Å². The van der Waals surface area contributed by atoms with Gasteiger partial charge in [0.15, 0.2) is 0 Å². The SMILES string of the molecule is C[N+]1(C)[C@@H]2CC[C@@H]1CC(OC(=O)Nc1ccc(F)cc1-c1ccsc1)C2. The third-order valence-corrected chi connectivity index (χ3v) is 6.79. The highest BCUT2D eigenvalue weighted by molar-refractivity contribution is 7.08. The van der Waals surface area contributed by atoms with Crippen molar-refractivity contribution in [3.8, 4) is 11.1 Å². The standard InChI is InChI=1S/C20H23FN2O2S/c1-23(2)15-4-5-16(23)11-17(10-15)25-20(24)22-19-6-3-14(21)9-18(19)13-7-8-26-12-13/h3,6-9,12,15-17H,4-5,10-11H2,1-2H3/p+1/t15-,16-/m1/s1. The largest absolute Gasteiger partial charge is 0.445 e. The van der Waals surface area contributed by atoms with E-state index in [-0.39, 0.29) is 11.9 Å². The molecule has 4 rings (SSSR count). The maximum atomic E-state index is 13.7. The molecule has 0 radical (unpaired) electrons. The Hall–Kier alpha value is -1.92. The number of piperidine rings is 1. The highest BCUT2D eigenvalue weighted by Crippen LogP contribution is 2.40. The summed E-state index contributed by atoms with van der Waals surface area (Å²) in [6.07, 6.45) is 3.75. The highest BCUT2D eigenvalue weighted by atomic mass is 32.1. The van der Waals surface area contributed by atoms with Gasteiger partial charge >= 0.3 is 6.09 Å². The van der Waals surface area contributed by atoms with Crippen LogP contribution in [0.4, 0.5) is 14.9 Å². The van der Waals surface area contributed by atoms with Gasteiger partial charge in [0.25, 0.3) is 0 Å². The number of benzene rings is 1. The number of rotatable bonds is 3. The second-order valence-electron chi connectivity index (χ2n) is 7.84. The van der Waals surface area contributed by atoms with Crippen LogP contribution in [0.2, 0.25) is 0 Å². The first-order valence-electron chi connectivity index (χ1n) is 9.06. The van der Waals surface area contributed by atoms with Crippen LogP contribution in [0.3, 0.4) is 0 Å². The summed E-state index contributed by atoms with van der Waals surface area (Å²) in [5.74, 6) is -0.325. The molecular formula is C20H24FN2O2S+. The molecular weight excluding hydrogens is 351 g/mol. The van der Waals surface area contributed by atoms with Crippen molar-refractivity contribution < 1.29 is 18.4 Å². The average molecular weight is 375 g/mol. The fraction of sp³-hybridized carbons (Fsp3) is 0.450. The molecule has 3 heterocycles. The summed E-state index contributed by atoms with van der Waals surface area (Å²) in [5.41, 5.74) is 2.13. The maximum Gasteiger partial charge on any atom is 0.411 e. The minimum Gasteiger partial charge on any atom is -0.445 e. The fourth-order valence-corrected chi connectivity index (χ4v) is 5.16. The van der Waals surface area contributed by atoms with Crippen molar-refractivity contribution in [2.24, 2.45) is 0 Å². The molecule has 2 saturated heterocycles. The van der Waals surface area contributed by atoms with Crippen LogP contribution in [0.1, 0.15) is 25.7 Å². The number of ether oxygens (including phenoxy) is 1. The molecule has 0 saturated carbocycles. The third kappa shape index (κ3) is 3.23. The molecule has 1 aromatic carbocycles. The molecule has 1 N–H and O–H groups in total. The van der Waals surface area contributed by atoms with E-state index in [1.165, 1.54) is 36.3 Å². The lowest BCUT2D eigenvalue weighted by atomic mass is 9.98. The molecule has 4 nitrogen and oxygen atoms in total. The summed E-state index contributed by atoms with van der Waals surface area (Å²) in [4.78, 5) is 12.5. The third-order valence-electron chi connectivity index (χ3n) is 6.11. The van der Waals surface area contributed by atoms with Gasteiger partial charge in [0.1, 0.15) is 11.9 Å². The molecule has 1 amide bonds. The number of nitrogens with one attached hydrogen (secondary N) is 1. The Bertz CT molecular complexity index is 790. The van der Waals surface area contributed by atoms with Crippen LogP contribution in [0, 0.1) is 5.82 Å². The first kappa shape index (κ1) is 17.5. The molecule has 2 aliphatic heterocycles. The van der Waals surface area contributed by atoms with Gasteiger partial charge in [-0.25, -0.2) is 9.18 Å². The fourth-order valence-electron chi connectivity index (χ4n) is 4.50. The molecule has 6 heteroatoms. The van der Waals surface area contributed by atoms with Gasteiger partial charge in [-0.05, 0) is 40.6 Å². The van der Waals surface area contributed by atoms with E-state index >= 15 is 0 Å². The first-order valence-corrected chi connectivity index (χ1v) is 10.0. The predicted octanol–water partition coefficient (Wildman–Crippen LogP) is 4.87. The molecule has 2 bridgehead atoms. The van der Waals surface area contributed by atoms with Crippen molar-refractivity contribution in [2.45, 2.75) is 43.9 Å². The summed E-state index contributed by atoms with van der Waals surface area (Å²) < 4.78 is 20.4. The van der Waals surface area contributed by atoms with Crippen LogP contribution >= 0.6 is 11.3 Å². The molecule has 0 spiro atoms. The van der Waals surface area contributed by atoms with E-state index in [1.54, 1.807) is 6.07 Å². The predicted molar refractivity (Wildman–Crippen MR) is 102 cm³/mol. The number of thiophene rings is 1. The number of halogens is 1. The number of nitrogens with zero attached hydrogens (tertiary/aromatic N) is 1. The topological polar surface area (TPSA) is 38.3 Å². The zero-order valence-corrected chi connectivity index (χ0v) is 15.9. The number of quaternary nitrogens is 1. The number of carbonyl (C=O) groups excluding carboxylic acids is 1. The molecule has 26 heavy (non-hydrogen) atoms. The summed E-state index contributed by atoms with van der Waals surface area (Å²) in [7, 11) is 4.56. The minimum absolute atomic E-state index is 0.0382. The van der Waals surface area contributed by atoms with Gasteiger partial charge in [-0.15, -0.1) is 0 Å². The highest BCUT2D eigenvalue weighted by Gasteiger charge is 2.49. The normalized spacial score (nSPS) is 26.5. The van der Waals surface area contributed by atoms with Gasteiger partial charge in [-0.2, -0.15) is 11.3 Å². The van der Waals surface area contributed by atoms with E-state index < -0.39 is 6.09 Å². The van der Waals surface area contributed by atoms with Gasteiger partial charge in [0.05, 0.1) is 31.9 Å². The quantitative estimate of drug-likeness (QED) is 0.777.